The van der Waals surface area contributed by atoms with E-state index in [0.29, 0.717) is 5.92 Å². The van der Waals surface area contributed by atoms with Crippen molar-refractivity contribution in [2.45, 2.75) is 31.6 Å². The second-order valence-electron chi connectivity index (χ2n) is 6.69. The lowest BCUT2D eigenvalue weighted by atomic mass is 9.64. The highest BCUT2D eigenvalue weighted by Crippen LogP contribution is 2.46. The molecule has 0 spiro atoms. The van der Waals surface area contributed by atoms with Gasteiger partial charge in [-0.15, -0.1) is 0 Å². The zero-order valence-corrected chi connectivity index (χ0v) is 14.3. The van der Waals surface area contributed by atoms with Crippen LogP contribution in [-0.2, 0) is 5.41 Å². The Morgan fingerprint density at radius 2 is 1.91 bits per heavy atom. The molecule has 0 aromatic heterocycles. The SMILES string of the molecule is COc1ccc(C2(CN(C)CC(C)CO)CCC2)cc1OC. The van der Waals surface area contributed by atoms with Crippen LogP contribution in [0.3, 0.4) is 0 Å². The Morgan fingerprint density at radius 3 is 2.41 bits per heavy atom. The number of hydrogen-bond acceptors (Lipinski definition) is 4. The molecule has 124 valence electrons. The average Bonchev–Trinajstić information content (AvgIpc) is 2.50. The molecule has 1 aliphatic carbocycles. The summed E-state index contributed by atoms with van der Waals surface area (Å²) in [5.74, 6) is 1.90. The third-order valence-electron chi connectivity index (χ3n) is 4.81. The molecule has 1 atom stereocenters. The molecule has 0 saturated heterocycles. The Balaban J connectivity index is 2.16. The molecule has 1 saturated carbocycles. The van der Waals surface area contributed by atoms with Crippen molar-refractivity contribution in [1.82, 2.24) is 4.90 Å². The van der Waals surface area contributed by atoms with E-state index in [9.17, 15) is 5.11 Å². The van der Waals surface area contributed by atoms with E-state index in [1.165, 1.54) is 24.8 Å². The summed E-state index contributed by atoms with van der Waals surface area (Å²) < 4.78 is 10.8. The summed E-state index contributed by atoms with van der Waals surface area (Å²) in [4.78, 5) is 2.34. The highest BCUT2D eigenvalue weighted by molar-refractivity contribution is 5.46. The summed E-state index contributed by atoms with van der Waals surface area (Å²) >= 11 is 0. The normalized spacial score (nSPS) is 17.9. The van der Waals surface area contributed by atoms with Crippen LogP contribution in [0.15, 0.2) is 18.2 Å². The predicted molar refractivity (Wildman–Crippen MR) is 88.8 cm³/mol. The van der Waals surface area contributed by atoms with E-state index in [4.69, 9.17) is 9.47 Å². The summed E-state index contributed by atoms with van der Waals surface area (Å²) in [5, 5.41) is 9.24. The van der Waals surface area contributed by atoms with Gasteiger partial charge in [-0.3, -0.25) is 0 Å². The minimum Gasteiger partial charge on any atom is -0.493 e. The summed E-state index contributed by atoms with van der Waals surface area (Å²) in [5.41, 5.74) is 1.55. The molecule has 0 aliphatic heterocycles. The molecule has 0 heterocycles. The zero-order chi connectivity index (χ0) is 16.2. The number of methoxy groups -OCH3 is 2. The molecule has 1 aliphatic rings. The molecule has 1 unspecified atom stereocenters. The summed E-state index contributed by atoms with van der Waals surface area (Å²) in [6.07, 6.45) is 3.69. The van der Waals surface area contributed by atoms with Crippen molar-refractivity contribution in [1.29, 1.82) is 0 Å². The Labute approximate surface area is 134 Å². The van der Waals surface area contributed by atoms with Gasteiger partial charge in [-0.25, -0.2) is 0 Å². The number of nitrogens with zero attached hydrogens (tertiary/aromatic N) is 1. The number of ether oxygens (including phenoxy) is 2. The first-order valence-corrected chi connectivity index (χ1v) is 8.06. The summed E-state index contributed by atoms with van der Waals surface area (Å²) in [6.45, 7) is 4.27. The van der Waals surface area contributed by atoms with Crippen LogP contribution >= 0.6 is 0 Å². The fourth-order valence-electron chi connectivity index (χ4n) is 3.48. The van der Waals surface area contributed by atoms with Crippen LogP contribution in [0.5, 0.6) is 11.5 Å². The first kappa shape index (κ1) is 17.1. The van der Waals surface area contributed by atoms with Crippen LogP contribution in [0.1, 0.15) is 31.7 Å². The number of aliphatic hydroxyl groups excluding tert-OH is 1. The Kier molecular flexibility index (Phi) is 5.70. The van der Waals surface area contributed by atoms with Crippen molar-refractivity contribution in [3.8, 4) is 11.5 Å². The maximum Gasteiger partial charge on any atom is 0.161 e. The van der Waals surface area contributed by atoms with Crippen LogP contribution in [0.25, 0.3) is 0 Å². The largest absolute Gasteiger partial charge is 0.493 e. The highest BCUT2D eigenvalue weighted by atomic mass is 16.5. The quantitative estimate of drug-likeness (QED) is 0.802. The van der Waals surface area contributed by atoms with E-state index in [-0.39, 0.29) is 12.0 Å². The standard InChI is InChI=1S/C18H29NO3/c1-14(12-20)11-19(2)13-18(8-5-9-18)15-6-7-16(21-3)17(10-15)22-4/h6-7,10,14,20H,5,8-9,11-13H2,1-4H3. The van der Waals surface area contributed by atoms with Crippen LogP contribution in [0, 0.1) is 5.92 Å². The van der Waals surface area contributed by atoms with E-state index in [2.05, 4.69) is 31.0 Å². The molecular weight excluding hydrogens is 278 g/mol. The molecule has 2 rings (SSSR count). The second-order valence-corrected chi connectivity index (χ2v) is 6.69. The van der Waals surface area contributed by atoms with Gasteiger partial charge in [0.1, 0.15) is 0 Å². The fraction of sp³-hybridized carbons (Fsp3) is 0.667. The minimum atomic E-state index is 0.212. The van der Waals surface area contributed by atoms with E-state index in [0.717, 1.165) is 24.6 Å². The molecule has 0 bridgehead atoms. The minimum absolute atomic E-state index is 0.212. The third kappa shape index (κ3) is 3.55. The lowest BCUT2D eigenvalue weighted by Crippen LogP contribution is -2.45. The van der Waals surface area contributed by atoms with E-state index in [1.54, 1.807) is 14.2 Å². The predicted octanol–water partition coefficient (Wildman–Crippen LogP) is 2.69. The van der Waals surface area contributed by atoms with Crippen molar-refractivity contribution in [2.24, 2.45) is 5.92 Å². The molecular formula is C18H29NO3. The Morgan fingerprint density at radius 1 is 1.23 bits per heavy atom. The molecule has 1 aromatic carbocycles. The number of likely N-dealkylation sites (N-methyl/N-ethyl adjacent to an activating group) is 1. The number of benzene rings is 1. The van der Waals surface area contributed by atoms with Crippen LogP contribution in [0.2, 0.25) is 0 Å². The molecule has 1 N–H and O–H groups in total. The molecule has 22 heavy (non-hydrogen) atoms. The van der Waals surface area contributed by atoms with Gasteiger partial charge in [-0.05, 0) is 43.5 Å². The molecule has 4 heteroatoms. The molecule has 0 amide bonds. The van der Waals surface area contributed by atoms with Crippen LogP contribution in [0.4, 0.5) is 0 Å². The van der Waals surface area contributed by atoms with Gasteiger partial charge in [0, 0.05) is 25.1 Å². The van der Waals surface area contributed by atoms with Gasteiger partial charge in [-0.2, -0.15) is 0 Å². The lowest BCUT2D eigenvalue weighted by Gasteiger charge is -2.45. The zero-order valence-electron chi connectivity index (χ0n) is 14.3. The van der Waals surface area contributed by atoms with Crippen molar-refractivity contribution in [2.75, 3.05) is 41.0 Å². The maximum atomic E-state index is 9.24. The van der Waals surface area contributed by atoms with Crippen molar-refractivity contribution < 1.29 is 14.6 Å². The molecule has 4 nitrogen and oxygen atoms in total. The topological polar surface area (TPSA) is 41.9 Å². The number of hydrogen-bond donors (Lipinski definition) is 1. The summed E-state index contributed by atoms with van der Waals surface area (Å²) in [7, 11) is 5.50. The average molecular weight is 307 g/mol. The van der Waals surface area contributed by atoms with Gasteiger partial charge in [0.15, 0.2) is 11.5 Å². The molecule has 1 fully saturated rings. The van der Waals surface area contributed by atoms with Gasteiger partial charge >= 0.3 is 0 Å². The van der Waals surface area contributed by atoms with E-state index >= 15 is 0 Å². The van der Waals surface area contributed by atoms with Gasteiger partial charge in [-0.1, -0.05) is 19.4 Å². The van der Waals surface area contributed by atoms with Gasteiger partial charge in [0.25, 0.3) is 0 Å². The van der Waals surface area contributed by atoms with Gasteiger partial charge in [0.2, 0.25) is 0 Å². The first-order valence-electron chi connectivity index (χ1n) is 8.06. The van der Waals surface area contributed by atoms with Crippen LogP contribution in [-0.4, -0.2) is 51.0 Å². The Hall–Kier alpha value is -1.26. The monoisotopic (exact) mass is 307 g/mol. The first-order chi connectivity index (χ1) is 10.5. The van der Waals surface area contributed by atoms with Gasteiger partial charge in [0.05, 0.1) is 14.2 Å². The molecule has 1 aromatic rings. The highest BCUT2D eigenvalue weighted by Gasteiger charge is 2.40. The smallest absolute Gasteiger partial charge is 0.161 e. The van der Waals surface area contributed by atoms with Crippen molar-refractivity contribution in [3.05, 3.63) is 23.8 Å². The van der Waals surface area contributed by atoms with E-state index in [1.807, 2.05) is 6.07 Å². The molecule has 0 radical (unpaired) electrons. The van der Waals surface area contributed by atoms with E-state index < -0.39 is 0 Å². The second kappa shape index (κ2) is 7.34. The fourth-order valence-corrected chi connectivity index (χ4v) is 3.48. The number of rotatable bonds is 8. The lowest BCUT2D eigenvalue weighted by molar-refractivity contribution is 0.130. The number of aliphatic hydroxyl groups is 1. The summed E-state index contributed by atoms with van der Waals surface area (Å²) in [6, 6.07) is 6.30. The van der Waals surface area contributed by atoms with Crippen molar-refractivity contribution >= 4 is 0 Å². The maximum absolute atomic E-state index is 9.24. The third-order valence-corrected chi connectivity index (χ3v) is 4.81. The van der Waals surface area contributed by atoms with Gasteiger partial charge < -0.3 is 19.5 Å². The Bertz CT molecular complexity index is 485. The van der Waals surface area contributed by atoms with Crippen molar-refractivity contribution in [3.63, 3.8) is 0 Å². The van der Waals surface area contributed by atoms with Crippen LogP contribution < -0.4 is 9.47 Å².